The van der Waals surface area contributed by atoms with Crippen LogP contribution in [-0.4, -0.2) is 115 Å². The van der Waals surface area contributed by atoms with E-state index in [1.165, 1.54) is 57.4 Å². The van der Waals surface area contributed by atoms with Crippen LogP contribution in [0, 0.1) is 0 Å². The van der Waals surface area contributed by atoms with Gasteiger partial charge in [-0.25, -0.2) is 14.4 Å². The first-order valence-electron chi connectivity index (χ1n) is 17.7. The molecule has 5 rings (SSSR count). The van der Waals surface area contributed by atoms with E-state index in [-0.39, 0.29) is 16.7 Å². The predicted molar refractivity (Wildman–Crippen MR) is 203 cm³/mol. The van der Waals surface area contributed by atoms with Gasteiger partial charge in [-0.05, 0) is 36.4 Å². The zero-order valence-electron chi connectivity index (χ0n) is 31.3. The van der Waals surface area contributed by atoms with Crippen LogP contribution >= 0.6 is 22.6 Å². The summed E-state index contributed by atoms with van der Waals surface area (Å²) in [6, 6.07) is 24.0. The smallest absolute Gasteiger partial charge is 0.338 e. The Morgan fingerprint density at radius 3 is 1.37 bits per heavy atom. The molecule has 2 aliphatic rings. The standard InChI is InChI=1S/C40H41IO16/c1-22(42)49-20-28-31(51-23(2)43)33(52-24(3)44)30(41)39(53-28)50-21-29-32(55-36(45)25-14-8-5-9-15-25)34(56-37(46)26-16-10-6-11-17-26)35(40(48-4)54-29)57-38(47)27-18-12-7-13-19-27/h5-19,28-35,39-40H,20-21H2,1-4H3/t28-,29-,30+,31-,32-,33-,34+,35+,39+,40+/m1/s1. The van der Waals surface area contributed by atoms with Gasteiger partial charge in [0.2, 0.25) is 0 Å². The molecule has 17 heteroatoms. The van der Waals surface area contributed by atoms with E-state index >= 15 is 0 Å². The normalized spacial score (nSPS) is 26.9. The molecule has 2 heterocycles. The SMILES string of the molecule is CO[C@H]1O[C@H](CO[C@H]2O[C@H](COC(C)=O)[C@@H](OC(C)=O)[C@H](OC(C)=O)[C@@H]2I)[C@@H](OC(=O)c2ccccc2)[C@H](OC(=O)c2ccccc2)[C@@H]1OC(=O)c1ccccc1. The third kappa shape index (κ3) is 11.6. The lowest BCUT2D eigenvalue weighted by Crippen LogP contribution is -2.64. The molecule has 304 valence electrons. The summed E-state index contributed by atoms with van der Waals surface area (Å²) in [5.41, 5.74) is 0.464. The van der Waals surface area contributed by atoms with Gasteiger partial charge in [0.25, 0.3) is 0 Å². The van der Waals surface area contributed by atoms with Gasteiger partial charge in [-0.1, -0.05) is 77.2 Å². The number of alkyl halides is 1. The van der Waals surface area contributed by atoms with E-state index in [0.717, 1.165) is 6.92 Å². The third-order valence-corrected chi connectivity index (χ3v) is 9.93. The van der Waals surface area contributed by atoms with Crippen molar-refractivity contribution >= 4 is 58.4 Å². The fourth-order valence-electron chi connectivity index (χ4n) is 6.09. The number of carbonyl (C=O) groups is 6. The zero-order valence-corrected chi connectivity index (χ0v) is 33.4. The molecule has 3 aromatic carbocycles. The second kappa shape index (κ2) is 20.5. The second-order valence-corrected chi connectivity index (χ2v) is 14.2. The molecule has 3 aromatic rings. The van der Waals surface area contributed by atoms with Crippen molar-refractivity contribution in [1.82, 2.24) is 0 Å². The van der Waals surface area contributed by atoms with E-state index in [0.29, 0.717) is 0 Å². The Kier molecular flexibility index (Phi) is 15.5. The summed E-state index contributed by atoms with van der Waals surface area (Å²) in [7, 11) is 1.28. The molecule has 0 amide bonds. The van der Waals surface area contributed by atoms with Crippen LogP contribution in [0.2, 0.25) is 0 Å². The van der Waals surface area contributed by atoms with Crippen molar-refractivity contribution in [3.63, 3.8) is 0 Å². The van der Waals surface area contributed by atoms with Gasteiger partial charge in [0, 0.05) is 27.9 Å². The molecule has 10 atom stereocenters. The van der Waals surface area contributed by atoms with Gasteiger partial charge in [0.15, 0.2) is 43.1 Å². The Morgan fingerprint density at radius 2 is 0.912 bits per heavy atom. The van der Waals surface area contributed by atoms with Gasteiger partial charge < -0.3 is 47.4 Å². The second-order valence-electron chi connectivity index (χ2n) is 12.8. The summed E-state index contributed by atoms with van der Waals surface area (Å²) in [5, 5.41) is 0. The maximum absolute atomic E-state index is 13.7. The number of ether oxygens (including phenoxy) is 10. The summed E-state index contributed by atoms with van der Waals surface area (Å²) < 4.78 is 57.7. The Hall–Kier alpha value is -4.95. The fraction of sp³-hybridized carbons (Fsp3) is 0.400. The van der Waals surface area contributed by atoms with E-state index in [4.69, 9.17) is 47.4 Å². The molecule has 0 unspecified atom stereocenters. The molecule has 2 fully saturated rings. The molecule has 0 radical (unpaired) electrons. The molecular weight excluding hydrogens is 863 g/mol. The highest BCUT2D eigenvalue weighted by Gasteiger charge is 2.55. The van der Waals surface area contributed by atoms with Crippen LogP contribution in [-0.2, 0) is 61.8 Å². The number of benzene rings is 3. The minimum absolute atomic E-state index is 0.146. The highest BCUT2D eigenvalue weighted by atomic mass is 127. The zero-order chi connectivity index (χ0) is 41.1. The van der Waals surface area contributed by atoms with Crippen LogP contribution in [0.15, 0.2) is 91.0 Å². The van der Waals surface area contributed by atoms with E-state index in [2.05, 4.69) is 0 Å². The van der Waals surface area contributed by atoms with Crippen molar-refractivity contribution in [3.8, 4) is 0 Å². The predicted octanol–water partition coefficient (Wildman–Crippen LogP) is 4.01. The van der Waals surface area contributed by atoms with Gasteiger partial charge in [0.05, 0.1) is 23.3 Å². The summed E-state index contributed by atoms with van der Waals surface area (Å²) >= 11 is 1.91. The minimum atomic E-state index is -1.55. The Morgan fingerprint density at radius 1 is 0.509 bits per heavy atom. The number of carbonyl (C=O) groups excluding carboxylic acids is 6. The van der Waals surface area contributed by atoms with Crippen molar-refractivity contribution in [3.05, 3.63) is 108 Å². The Bertz CT molecular complexity index is 1840. The molecule has 16 nitrogen and oxygen atoms in total. The lowest BCUT2D eigenvalue weighted by atomic mass is 9.97. The Labute approximate surface area is 341 Å². The van der Waals surface area contributed by atoms with Crippen LogP contribution in [0.1, 0.15) is 51.8 Å². The maximum Gasteiger partial charge on any atom is 0.338 e. The van der Waals surface area contributed by atoms with E-state index in [9.17, 15) is 28.8 Å². The lowest BCUT2D eigenvalue weighted by molar-refractivity contribution is -0.309. The Balaban J connectivity index is 1.51. The minimum Gasteiger partial charge on any atom is -0.463 e. The molecule has 2 saturated heterocycles. The molecular formula is C40H41IO16. The van der Waals surface area contributed by atoms with E-state index in [1.807, 2.05) is 22.6 Å². The van der Waals surface area contributed by atoms with Gasteiger partial charge in [0.1, 0.15) is 22.7 Å². The van der Waals surface area contributed by atoms with Crippen LogP contribution in [0.25, 0.3) is 0 Å². The lowest BCUT2D eigenvalue weighted by Gasteiger charge is -2.45. The first-order valence-corrected chi connectivity index (χ1v) is 19.0. The third-order valence-electron chi connectivity index (χ3n) is 8.63. The van der Waals surface area contributed by atoms with Gasteiger partial charge in [-0.3, -0.25) is 14.4 Å². The van der Waals surface area contributed by atoms with Crippen molar-refractivity contribution in [2.75, 3.05) is 20.3 Å². The van der Waals surface area contributed by atoms with Gasteiger partial charge in [-0.2, -0.15) is 0 Å². The highest BCUT2D eigenvalue weighted by Crippen LogP contribution is 2.35. The molecule has 0 aliphatic carbocycles. The summed E-state index contributed by atoms with van der Waals surface area (Å²) in [4.78, 5) is 77.0. The molecule has 0 spiro atoms. The van der Waals surface area contributed by atoms with Crippen LogP contribution in [0.5, 0.6) is 0 Å². The molecule has 57 heavy (non-hydrogen) atoms. The monoisotopic (exact) mass is 904 g/mol. The van der Waals surface area contributed by atoms with Crippen molar-refractivity contribution in [2.45, 2.75) is 80.0 Å². The molecule has 0 aromatic heterocycles. The summed E-state index contributed by atoms with van der Waals surface area (Å²) in [5.74, 6) is -4.54. The van der Waals surface area contributed by atoms with Crippen molar-refractivity contribution < 1.29 is 76.1 Å². The topological polar surface area (TPSA) is 195 Å². The van der Waals surface area contributed by atoms with Crippen LogP contribution < -0.4 is 0 Å². The summed E-state index contributed by atoms with van der Waals surface area (Å²) in [6.45, 7) is 2.65. The number of hydrogen-bond acceptors (Lipinski definition) is 16. The average Bonchev–Trinajstić information content (AvgIpc) is 3.20. The fourth-order valence-corrected chi connectivity index (χ4v) is 7.02. The molecule has 0 bridgehead atoms. The number of hydrogen-bond donors (Lipinski definition) is 0. The largest absolute Gasteiger partial charge is 0.463 e. The average molecular weight is 905 g/mol. The van der Waals surface area contributed by atoms with Crippen LogP contribution in [0.3, 0.4) is 0 Å². The number of rotatable bonds is 14. The number of esters is 6. The molecule has 2 aliphatic heterocycles. The molecule has 0 N–H and O–H groups in total. The number of methoxy groups -OCH3 is 1. The quantitative estimate of drug-likeness (QED) is 0.0974. The van der Waals surface area contributed by atoms with Crippen molar-refractivity contribution in [1.29, 1.82) is 0 Å². The first-order chi connectivity index (χ1) is 27.4. The first kappa shape index (κ1) is 43.2. The molecule has 0 saturated carbocycles. The van der Waals surface area contributed by atoms with Gasteiger partial charge in [-0.15, -0.1) is 0 Å². The highest BCUT2D eigenvalue weighted by molar-refractivity contribution is 14.1. The van der Waals surface area contributed by atoms with Crippen LogP contribution in [0.4, 0.5) is 0 Å². The van der Waals surface area contributed by atoms with Crippen molar-refractivity contribution in [2.24, 2.45) is 0 Å². The van der Waals surface area contributed by atoms with E-state index < -0.39 is 108 Å². The number of halogens is 1. The van der Waals surface area contributed by atoms with Gasteiger partial charge >= 0.3 is 35.8 Å². The maximum atomic E-state index is 13.7. The summed E-state index contributed by atoms with van der Waals surface area (Å²) in [6.07, 6.45) is -12.0. The van der Waals surface area contributed by atoms with E-state index in [1.54, 1.807) is 54.6 Å².